The Labute approximate surface area is 201 Å². The quantitative estimate of drug-likeness (QED) is 0.337. The van der Waals surface area contributed by atoms with Crippen molar-refractivity contribution in [2.45, 2.75) is 12.1 Å². The summed E-state index contributed by atoms with van der Waals surface area (Å²) in [6.45, 7) is 1.98. The summed E-state index contributed by atoms with van der Waals surface area (Å²) in [7, 11) is 3.37. The fraction of sp³-hybridized carbons (Fsp3) is 0.154. The molecule has 4 aromatic rings. The molecule has 7 nitrogen and oxygen atoms in total. The van der Waals surface area contributed by atoms with Crippen LogP contribution in [-0.4, -0.2) is 46.1 Å². The predicted molar refractivity (Wildman–Crippen MR) is 136 cm³/mol. The van der Waals surface area contributed by atoms with Crippen LogP contribution in [0.2, 0.25) is 0 Å². The van der Waals surface area contributed by atoms with E-state index in [4.69, 9.17) is 0 Å². The SMILES string of the molecule is Cc1ccc(-n2c(SCC(=O)Nc3ccc(C(=O)N(C)C)cc3)nc3ccccc3c2=O)cc1. The second-order valence-corrected chi connectivity index (χ2v) is 8.94. The number of hydrogen-bond donors (Lipinski definition) is 1. The van der Waals surface area contributed by atoms with Crippen LogP contribution < -0.4 is 10.9 Å². The average Bonchev–Trinajstić information content (AvgIpc) is 2.83. The maximum absolute atomic E-state index is 13.3. The number of nitrogens with one attached hydrogen (secondary N) is 1. The summed E-state index contributed by atoms with van der Waals surface area (Å²) in [4.78, 5) is 44.1. The van der Waals surface area contributed by atoms with E-state index in [2.05, 4.69) is 10.3 Å². The van der Waals surface area contributed by atoms with Crippen LogP contribution in [0.25, 0.3) is 16.6 Å². The van der Waals surface area contributed by atoms with Crippen LogP contribution in [0.3, 0.4) is 0 Å². The molecule has 0 aliphatic carbocycles. The number of fused-ring (bicyclic) bond motifs is 1. The predicted octanol–water partition coefficient (Wildman–Crippen LogP) is 4.13. The third kappa shape index (κ3) is 5.02. The summed E-state index contributed by atoms with van der Waals surface area (Å²) in [5.41, 5.74) is 3.30. The highest BCUT2D eigenvalue weighted by Gasteiger charge is 2.15. The summed E-state index contributed by atoms with van der Waals surface area (Å²) in [5.74, 6) is -0.283. The lowest BCUT2D eigenvalue weighted by molar-refractivity contribution is -0.113. The van der Waals surface area contributed by atoms with Gasteiger partial charge in [0.1, 0.15) is 0 Å². The zero-order valence-electron chi connectivity index (χ0n) is 19.1. The van der Waals surface area contributed by atoms with Crippen molar-refractivity contribution in [2.24, 2.45) is 0 Å². The molecule has 0 unspecified atom stereocenters. The Hall–Kier alpha value is -3.91. The van der Waals surface area contributed by atoms with Gasteiger partial charge in [-0.3, -0.25) is 19.0 Å². The van der Waals surface area contributed by atoms with Gasteiger partial charge in [0.25, 0.3) is 11.5 Å². The molecule has 0 spiro atoms. The first-order chi connectivity index (χ1) is 16.3. The molecule has 0 radical (unpaired) electrons. The molecule has 0 bridgehead atoms. The van der Waals surface area contributed by atoms with E-state index >= 15 is 0 Å². The fourth-order valence-corrected chi connectivity index (χ4v) is 4.22. The van der Waals surface area contributed by atoms with Crippen LogP contribution in [0.15, 0.2) is 82.7 Å². The number of aromatic nitrogens is 2. The number of benzene rings is 3. The highest BCUT2D eigenvalue weighted by atomic mass is 32.2. The first-order valence-electron chi connectivity index (χ1n) is 10.7. The van der Waals surface area contributed by atoms with Gasteiger partial charge in [0.05, 0.1) is 22.3 Å². The maximum Gasteiger partial charge on any atom is 0.266 e. The Morgan fingerprint density at radius 3 is 2.32 bits per heavy atom. The number of hydrogen-bond acceptors (Lipinski definition) is 5. The van der Waals surface area contributed by atoms with Gasteiger partial charge in [0.2, 0.25) is 5.91 Å². The number of aryl methyl sites for hydroxylation is 1. The van der Waals surface area contributed by atoms with Gasteiger partial charge in [-0.25, -0.2) is 4.98 Å². The Kier molecular flexibility index (Phi) is 6.79. The average molecular weight is 473 g/mol. The van der Waals surface area contributed by atoms with E-state index in [1.54, 1.807) is 55.1 Å². The molecule has 2 amide bonds. The van der Waals surface area contributed by atoms with Crippen molar-refractivity contribution in [3.8, 4) is 5.69 Å². The number of amides is 2. The summed E-state index contributed by atoms with van der Waals surface area (Å²) in [5, 5.41) is 3.78. The topological polar surface area (TPSA) is 84.3 Å². The molecule has 0 fully saturated rings. The molecule has 0 saturated heterocycles. The van der Waals surface area contributed by atoms with Gasteiger partial charge in [0, 0.05) is 25.3 Å². The van der Waals surface area contributed by atoms with Crippen LogP contribution in [-0.2, 0) is 4.79 Å². The molecule has 0 atom stereocenters. The highest BCUT2D eigenvalue weighted by Crippen LogP contribution is 2.22. The standard InChI is InChI=1S/C26H24N4O3S/c1-17-8-14-20(15-9-17)30-25(33)21-6-4-5-7-22(21)28-26(30)34-16-23(31)27-19-12-10-18(11-13-19)24(32)29(2)3/h4-15H,16H2,1-3H3,(H,27,31). The molecule has 0 aliphatic rings. The largest absolute Gasteiger partial charge is 0.345 e. The second kappa shape index (κ2) is 9.93. The molecular formula is C26H24N4O3S. The highest BCUT2D eigenvalue weighted by molar-refractivity contribution is 7.99. The second-order valence-electron chi connectivity index (χ2n) is 8.00. The van der Waals surface area contributed by atoms with Crippen molar-refractivity contribution in [3.63, 3.8) is 0 Å². The van der Waals surface area contributed by atoms with E-state index in [1.165, 1.54) is 16.7 Å². The third-order valence-electron chi connectivity index (χ3n) is 5.19. The van der Waals surface area contributed by atoms with Crippen LogP contribution in [0.5, 0.6) is 0 Å². The summed E-state index contributed by atoms with van der Waals surface area (Å²) in [6, 6.07) is 21.5. The Morgan fingerprint density at radius 1 is 0.971 bits per heavy atom. The van der Waals surface area contributed by atoms with Gasteiger partial charge in [0.15, 0.2) is 5.16 Å². The van der Waals surface area contributed by atoms with E-state index < -0.39 is 0 Å². The molecule has 4 rings (SSSR count). The molecule has 3 aromatic carbocycles. The van der Waals surface area contributed by atoms with Crippen LogP contribution >= 0.6 is 11.8 Å². The number of thioether (sulfide) groups is 1. The van der Waals surface area contributed by atoms with Crippen molar-refractivity contribution >= 4 is 40.2 Å². The molecule has 172 valence electrons. The van der Waals surface area contributed by atoms with Gasteiger partial charge < -0.3 is 10.2 Å². The lowest BCUT2D eigenvalue weighted by atomic mass is 10.2. The lowest BCUT2D eigenvalue weighted by Crippen LogP contribution is -2.23. The number of para-hydroxylation sites is 1. The van der Waals surface area contributed by atoms with E-state index in [0.29, 0.717) is 33.0 Å². The van der Waals surface area contributed by atoms with Gasteiger partial charge in [-0.1, -0.05) is 41.6 Å². The normalized spacial score (nSPS) is 10.8. The number of rotatable bonds is 6. The molecule has 0 saturated carbocycles. The molecule has 1 N–H and O–H groups in total. The Balaban J connectivity index is 1.56. The van der Waals surface area contributed by atoms with Gasteiger partial charge in [-0.15, -0.1) is 0 Å². The molecule has 0 aliphatic heterocycles. The van der Waals surface area contributed by atoms with Gasteiger partial charge in [-0.2, -0.15) is 0 Å². The first-order valence-corrected chi connectivity index (χ1v) is 11.7. The van der Waals surface area contributed by atoms with E-state index in [0.717, 1.165) is 5.56 Å². The number of carbonyl (C=O) groups is 2. The van der Waals surface area contributed by atoms with Gasteiger partial charge >= 0.3 is 0 Å². The van der Waals surface area contributed by atoms with Crippen molar-refractivity contribution < 1.29 is 9.59 Å². The molecular weight excluding hydrogens is 448 g/mol. The smallest absolute Gasteiger partial charge is 0.266 e. The van der Waals surface area contributed by atoms with Gasteiger partial charge in [-0.05, 0) is 55.5 Å². The van der Waals surface area contributed by atoms with Crippen LogP contribution in [0, 0.1) is 6.92 Å². The number of anilines is 1. The molecule has 8 heteroatoms. The number of carbonyl (C=O) groups excluding carboxylic acids is 2. The van der Waals surface area contributed by atoms with E-state index in [-0.39, 0.29) is 23.1 Å². The van der Waals surface area contributed by atoms with Crippen molar-refractivity contribution in [1.82, 2.24) is 14.5 Å². The number of nitrogens with zero attached hydrogens (tertiary/aromatic N) is 3. The van der Waals surface area contributed by atoms with Crippen molar-refractivity contribution in [2.75, 3.05) is 25.2 Å². The zero-order chi connectivity index (χ0) is 24.2. The summed E-state index contributed by atoms with van der Waals surface area (Å²) < 4.78 is 1.54. The molecule has 34 heavy (non-hydrogen) atoms. The minimum Gasteiger partial charge on any atom is -0.345 e. The zero-order valence-corrected chi connectivity index (χ0v) is 19.9. The third-order valence-corrected chi connectivity index (χ3v) is 6.13. The summed E-state index contributed by atoms with van der Waals surface area (Å²) in [6.07, 6.45) is 0. The van der Waals surface area contributed by atoms with Crippen molar-refractivity contribution in [3.05, 3.63) is 94.3 Å². The first kappa shape index (κ1) is 23.3. The molecule has 1 heterocycles. The van der Waals surface area contributed by atoms with Crippen LogP contribution in [0.1, 0.15) is 15.9 Å². The lowest BCUT2D eigenvalue weighted by Gasteiger charge is -2.14. The van der Waals surface area contributed by atoms with E-state index in [9.17, 15) is 14.4 Å². The van der Waals surface area contributed by atoms with E-state index in [1.807, 2.05) is 43.3 Å². The Morgan fingerprint density at radius 2 is 1.65 bits per heavy atom. The minimum absolute atomic E-state index is 0.0645. The maximum atomic E-state index is 13.3. The van der Waals surface area contributed by atoms with Crippen LogP contribution in [0.4, 0.5) is 5.69 Å². The Bertz CT molecular complexity index is 1410. The van der Waals surface area contributed by atoms with Crippen molar-refractivity contribution in [1.29, 1.82) is 0 Å². The summed E-state index contributed by atoms with van der Waals surface area (Å²) >= 11 is 1.19. The fourth-order valence-electron chi connectivity index (χ4n) is 3.41. The molecule has 1 aromatic heterocycles. The monoisotopic (exact) mass is 472 g/mol. The minimum atomic E-state index is -0.241.